The maximum absolute atomic E-state index is 6.29. The van der Waals surface area contributed by atoms with Gasteiger partial charge in [-0.15, -0.1) is 10.2 Å². The zero-order valence-electron chi connectivity index (χ0n) is 15.0. The van der Waals surface area contributed by atoms with E-state index in [2.05, 4.69) is 54.7 Å². The monoisotopic (exact) mass is 470 g/mol. The zero-order chi connectivity index (χ0) is 19.5. The molecule has 2 aromatic carbocycles. The summed E-state index contributed by atoms with van der Waals surface area (Å²) in [7, 11) is 0. The third-order valence-electron chi connectivity index (χ3n) is 4.25. The van der Waals surface area contributed by atoms with Gasteiger partial charge in [0.15, 0.2) is 11.0 Å². The minimum atomic E-state index is 0.676. The molecule has 4 aromatic rings. The van der Waals surface area contributed by atoms with Crippen LogP contribution in [-0.2, 0) is 5.75 Å². The van der Waals surface area contributed by atoms with Crippen LogP contribution in [0.25, 0.3) is 17.1 Å². The van der Waals surface area contributed by atoms with Gasteiger partial charge < -0.3 is 0 Å². The fourth-order valence-corrected chi connectivity index (χ4v) is 4.15. The molecule has 140 valence electrons. The van der Waals surface area contributed by atoms with Crippen LogP contribution in [0, 0.1) is 6.92 Å². The van der Waals surface area contributed by atoms with Crippen molar-refractivity contribution in [1.82, 2.24) is 19.7 Å². The summed E-state index contributed by atoms with van der Waals surface area (Å²) in [5.41, 5.74) is 4.19. The first kappa shape index (κ1) is 19.2. The summed E-state index contributed by atoms with van der Waals surface area (Å²) in [5, 5.41) is 10.4. The number of nitrogens with zero attached hydrogens (tertiary/aromatic N) is 4. The number of thioether (sulfide) groups is 1. The lowest BCUT2D eigenvalue weighted by molar-refractivity contribution is 0.880. The molecule has 0 fully saturated rings. The fourth-order valence-electron chi connectivity index (χ4n) is 2.81. The van der Waals surface area contributed by atoms with E-state index >= 15 is 0 Å². The van der Waals surface area contributed by atoms with Gasteiger partial charge in [-0.25, -0.2) is 0 Å². The Labute approximate surface area is 181 Å². The van der Waals surface area contributed by atoms with Crippen LogP contribution in [0.5, 0.6) is 0 Å². The normalized spacial score (nSPS) is 11.0. The van der Waals surface area contributed by atoms with Crippen LogP contribution in [0.2, 0.25) is 5.02 Å². The predicted octanol–water partition coefficient (Wildman–Crippen LogP) is 6.35. The van der Waals surface area contributed by atoms with Crippen molar-refractivity contribution in [3.05, 3.63) is 87.6 Å². The molecular formula is C21H16BrClN4S. The minimum absolute atomic E-state index is 0.676. The molecule has 2 heterocycles. The molecule has 0 saturated carbocycles. The van der Waals surface area contributed by atoms with E-state index in [1.807, 2.05) is 42.5 Å². The van der Waals surface area contributed by atoms with Gasteiger partial charge in [0.1, 0.15) is 0 Å². The van der Waals surface area contributed by atoms with E-state index in [-0.39, 0.29) is 0 Å². The molecule has 0 aliphatic heterocycles. The Morgan fingerprint density at radius 2 is 1.89 bits per heavy atom. The van der Waals surface area contributed by atoms with Gasteiger partial charge in [-0.3, -0.25) is 9.55 Å². The molecule has 2 aromatic heterocycles. The topological polar surface area (TPSA) is 43.6 Å². The van der Waals surface area contributed by atoms with Crippen molar-refractivity contribution in [3.63, 3.8) is 0 Å². The van der Waals surface area contributed by atoms with Crippen molar-refractivity contribution in [3.8, 4) is 17.1 Å². The summed E-state index contributed by atoms with van der Waals surface area (Å²) in [6.07, 6.45) is 3.54. The molecule has 0 saturated heterocycles. The molecule has 0 amide bonds. The highest BCUT2D eigenvalue weighted by molar-refractivity contribution is 9.10. The highest BCUT2D eigenvalue weighted by Gasteiger charge is 2.18. The molecule has 0 atom stereocenters. The SMILES string of the molecule is Cc1ccc(Cl)cc1-n1c(SCc2ccc(Br)cc2)nnc1-c1cccnc1. The molecule has 28 heavy (non-hydrogen) atoms. The van der Waals surface area contributed by atoms with Gasteiger partial charge in [0.25, 0.3) is 0 Å². The van der Waals surface area contributed by atoms with Gasteiger partial charge in [-0.1, -0.05) is 57.5 Å². The Bertz CT molecular complexity index is 1100. The molecule has 4 rings (SSSR count). The molecular weight excluding hydrogens is 456 g/mol. The second-order valence-electron chi connectivity index (χ2n) is 6.23. The third kappa shape index (κ3) is 4.14. The van der Waals surface area contributed by atoms with E-state index in [9.17, 15) is 0 Å². The maximum Gasteiger partial charge on any atom is 0.196 e. The van der Waals surface area contributed by atoms with Crippen molar-refractivity contribution >= 4 is 39.3 Å². The van der Waals surface area contributed by atoms with Gasteiger partial charge in [0, 0.05) is 33.2 Å². The quantitative estimate of drug-likeness (QED) is 0.318. The van der Waals surface area contributed by atoms with Gasteiger partial charge >= 0.3 is 0 Å². The summed E-state index contributed by atoms with van der Waals surface area (Å²) in [4.78, 5) is 4.23. The Morgan fingerprint density at radius 3 is 2.64 bits per heavy atom. The number of aryl methyl sites for hydroxylation is 1. The number of rotatable bonds is 5. The molecule has 0 N–H and O–H groups in total. The number of pyridine rings is 1. The van der Waals surface area contributed by atoms with Gasteiger partial charge in [0.2, 0.25) is 0 Å². The first-order valence-electron chi connectivity index (χ1n) is 8.61. The standard InChI is InChI=1S/C21H16BrClN4S/c1-14-4-9-18(23)11-19(14)27-20(16-3-2-10-24-12-16)25-26-21(27)28-13-15-5-7-17(22)8-6-15/h2-12H,13H2,1H3. The molecule has 0 spiro atoms. The average molecular weight is 472 g/mol. The van der Waals surface area contributed by atoms with Crippen molar-refractivity contribution < 1.29 is 0 Å². The smallest absolute Gasteiger partial charge is 0.196 e. The number of aromatic nitrogens is 4. The van der Waals surface area contributed by atoms with Crippen LogP contribution in [0.1, 0.15) is 11.1 Å². The first-order valence-corrected chi connectivity index (χ1v) is 10.8. The van der Waals surface area contributed by atoms with Gasteiger partial charge in [-0.2, -0.15) is 0 Å². The first-order chi connectivity index (χ1) is 13.6. The summed E-state index contributed by atoms with van der Waals surface area (Å²) in [5.74, 6) is 1.54. The van der Waals surface area contributed by atoms with Crippen molar-refractivity contribution in [1.29, 1.82) is 0 Å². The summed E-state index contributed by atoms with van der Waals surface area (Å²) >= 11 is 11.4. The lowest BCUT2D eigenvalue weighted by Gasteiger charge is -2.13. The van der Waals surface area contributed by atoms with Crippen LogP contribution in [0.3, 0.4) is 0 Å². The number of hydrogen-bond acceptors (Lipinski definition) is 4. The van der Waals surface area contributed by atoms with Crippen LogP contribution < -0.4 is 0 Å². The highest BCUT2D eigenvalue weighted by atomic mass is 79.9. The van der Waals surface area contributed by atoms with E-state index in [1.54, 1.807) is 24.2 Å². The fraction of sp³-hybridized carbons (Fsp3) is 0.0952. The number of benzene rings is 2. The number of hydrogen-bond donors (Lipinski definition) is 0. The van der Waals surface area contributed by atoms with E-state index < -0.39 is 0 Å². The van der Waals surface area contributed by atoms with E-state index in [4.69, 9.17) is 11.6 Å². The minimum Gasteiger partial charge on any atom is -0.270 e. The van der Waals surface area contributed by atoms with E-state index in [0.717, 1.165) is 38.0 Å². The molecule has 4 nitrogen and oxygen atoms in total. The van der Waals surface area contributed by atoms with Crippen LogP contribution >= 0.6 is 39.3 Å². The second kappa shape index (κ2) is 8.47. The summed E-state index contributed by atoms with van der Waals surface area (Å²) in [6.45, 7) is 2.06. The van der Waals surface area contributed by atoms with Crippen molar-refractivity contribution in [2.24, 2.45) is 0 Å². The van der Waals surface area contributed by atoms with Gasteiger partial charge in [0.05, 0.1) is 5.69 Å². The lowest BCUT2D eigenvalue weighted by Crippen LogP contribution is -2.02. The Balaban J connectivity index is 1.77. The Hall–Kier alpha value is -2.15. The molecule has 0 radical (unpaired) electrons. The average Bonchev–Trinajstić information content (AvgIpc) is 3.14. The third-order valence-corrected chi connectivity index (χ3v) is 6.01. The molecule has 0 bridgehead atoms. The summed E-state index contributed by atoms with van der Waals surface area (Å²) in [6, 6.07) is 18.0. The largest absolute Gasteiger partial charge is 0.270 e. The summed E-state index contributed by atoms with van der Waals surface area (Å²) < 4.78 is 3.12. The molecule has 0 unspecified atom stereocenters. The Morgan fingerprint density at radius 1 is 1.07 bits per heavy atom. The number of halogens is 2. The van der Waals surface area contributed by atoms with Crippen LogP contribution in [-0.4, -0.2) is 19.7 Å². The molecule has 0 aliphatic carbocycles. The zero-order valence-corrected chi connectivity index (χ0v) is 18.2. The second-order valence-corrected chi connectivity index (χ2v) is 8.52. The van der Waals surface area contributed by atoms with Crippen LogP contribution in [0.4, 0.5) is 0 Å². The van der Waals surface area contributed by atoms with Crippen molar-refractivity contribution in [2.75, 3.05) is 0 Å². The lowest BCUT2D eigenvalue weighted by atomic mass is 10.2. The highest BCUT2D eigenvalue weighted by Crippen LogP contribution is 2.32. The van der Waals surface area contributed by atoms with Gasteiger partial charge in [-0.05, 0) is 54.4 Å². The molecule has 7 heteroatoms. The predicted molar refractivity (Wildman–Crippen MR) is 118 cm³/mol. The van der Waals surface area contributed by atoms with E-state index in [1.165, 1.54) is 5.56 Å². The van der Waals surface area contributed by atoms with Crippen molar-refractivity contribution in [2.45, 2.75) is 17.8 Å². The van der Waals surface area contributed by atoms with Crippen LogP contribution in [0.15, 0.2) is 76.6 Å². The molecule has 0 aliphatic rings. The Kier molecular flexibility index (Phi) is 5.80. The van der Waals surface area contributed by atoms with E-state index in [0.29, 0.717) is 5.02 Å². The maximum atomic E-state index is 6.29.